The first-order chi connectivity index (χ1) is 21.4. The van der Waals surface area contributed by atoms with Crippen LogP contribution in [0.2, 0.25) is 0 Å². The van der Waals surface area contributed by atoms with Crippen molar-refractivity contribution in [3.8, 4) is 6.07 Å². The minimum Gasteiger partial charge on any atom is -0.351 e. The summed E-state index contributed by atoms with van der Waals surface area (Å²) < 4.78 is 43.6. The predicted molar refractivity (Wildman–Crippen MR) is 172 cm³/mol. The maximum Gasteiger partial charge on any atom is 0.416 e. The van der Waals surface area contributed by atoms with E-state index in [0.29, 0.717) is 17.8 Å². The lowest BCUT2D eigenvalue weighted by atomic mass is 10.0. The molecule has 0 spiro atoms. The fourth-order valence-electron chi connectivity index (χ4n) is 4.89. The Morgan fingerprint density at radius 3 is 2.49 bits per heavy atom. The van der Waals surface area contributed by atoms with E-state index < -0.39 is 17.8 Å². The second-order valence-corrected chi connectivity index (χ2v) is 11.6. The number of halogens is 3. The van der Waals surface area contributed by atoms with Gasteiger partial charge in [-0.1, -0.05) is 56.3 Å². The molecule has 0 aliphatic heterocycles. The SMILES string of the molecule is Cc1cccc(NC(=S)N(Cc2ccccc2C(F)(F)F)C[C@@H](NC(=O)Cc2cncn2Cc2ccc(C#N)cc2)C(C)C)c1. The molecule has 4 rings (SSSR count). The summed E-state index contributed by atoms with van der Waals surface area (Å²) in [6.07, 6.45) is -1.19. The Bertz CT molecular complexity index is 1660. The standard InChI is InChI=1S/C34H35F3N6OS/c1-23(2)31(41-32(44)16-29-18-39-22-43(29)19-26-13-11-25(17-38)12-14-26)21-42(33(45)40-28-9-6-7-24(3)15-28)20-27-8-4-5-10-30(27)34(35,36)37/h4-15,18,22-23,31H,16,19-21H2,1-3H3,(H,40,45)(H,41,44)/t31-/m1/s1. The molecule has 2 N–H and O–H groups in total. The number of imidazole rings is 1. The highest BCUT2D eigenvalue weighted by Gasteiger charge is 2.34. The number of nitriles is 1. The molecular formula is C34H35F3N6OS. The van der Waals surface area contributed by atoms with Gasteiger partial charge in [-0.15, -0.1) is 0 Å². The number of thiocarbonyl (C=S) groups is 1. The van der Waals surface area contributed by atoms with Crippen LogP contribution in [-0.4, -0.2) is 38.1 Å². The van der Waals surface area contributed by atoms with Crippen molar-refractivity contribution in [3.63, 3.8) is 0 Å². The summed E-state index contributed by atoms with van der Waals surface area (Å²) in [7, 11) is 0. The van der Waals surface area contributed by atoms with Crippen LogP contribution in [0.15, 0.2) is 85.3 Å². The van der Waals surface area contributed by atoms with Gasteiger partial charge in [0.15, 0.2) is 5.11 Å². The fourth-order valence-corrected chi connectivity index (χ4v) is 5.14. The highest BCUT2D eigenvalue weighted by molar-refractivity contribution is 7.80. The molecule has 11 heteroatoms. The van der Waals surface area contributed by atoms with Crippen LogP contribution in [0.25, 0.3) is 0 Å². The third-order valence-electron chi connectivity index (χ3n) is 7.38. The number of alkyl halides is 3. The Balaban J connectivity index is 1.52. The quantitative estimate of drug-likeness (QED) is 0.179. The van der Waals surface area contributed by atoms with Crippen molar-refractivity contribution in [2.75, 3.05) is 11.9 Å². The molecule has 234 valence electrons. The highest BCUT2D eigenvalue weighted by atomic mass is 32.1. The molecule has 0 saturated heterocycles. The number of aryl methyl sites for hydroxylation is 1. The molecule has 4 aromatic rings. The zero-order valence-corrected chi connectivity index (χ0v) is 26.1. The Morgan fingerprint density at radius 2 is 1.82 bits per heavy atom. The molecule has 0 bridgehead atoms. The number of nitrogens with one attached hydrogen (secondary N) is 2. The van der Waals surface area contributed by atoms with Gasteiger partial charge < -0.3 is 20.1 Å². The molecule has 0 aliphatic rings. The van der Waals surface area contributed by atoms with Crippen LogP contribution < -0.4 is 10.6 Å². The minimum absolute atomic E-state index is 0.0559. The van der Waals surface area contributed by atoms with Gasteiger partial charge >= 0.3 is 6.18 Å². The normalized spacial score (nSPS) is 12.0. The van der Waals surface area contributed by atoms with Gasteiger partial charge in [-0.05, 0) is 72.1 Å². The van der Waals surface area contributed by atoms with Crippen LogP contribution in [0.3, 0.4) is 0 Å². The Kier molecular flexibility index (Phi) is 11.0. The summed E-state index contributed by atoms with van der Waals surface area (Å²) in [4.78, 5) is 19.2. The second-order valence-electron chi connectivity index (χ2n) is 11.3. The number of amides is 1. The van der Waals surface area contributed by atoms with Crippen molar-refractivity contribution in [1.29, 1.82) is 5.26 Å². The van der Waals surface area contributed by atoms with Crippen molar-refractivity contribution in [2.45, 2.75) is 52.5 Å². The smallest absolute Gasteiger partial charge is 0.351 e. The monoisotopic (exact) mass is 632 g/mol. The molecule has 1 amide bonds. The molecule has 0 unspecified atom stereocenters. The average Bonchev–Trinajstić information content (AvgIpc) is 3.42. The first-order valence-electron chi connectivity index (χ1n) is 14.5. The minimum atomic E-state index is -4.53. The number of rotatable bonds is 11. The van der Waals surface area contributed by atoms with Gasteiger partial charge in [-0.25, -0.2) is 4.98 Å². The fraction of sp³-hybridized carbons (Fsp3) is 0.294. The summed E-state index contributed by atoms with van der Waals surface area (Å²) in [6, 6.07) is 21.9. The maximum absolute atomic E-state index is 13.9. The Hall–Kier alpha value is -4.69. The molecule has 0 aliphatic carbocycles. The van der Waals surface area contributed by atoms with Crippen LogP contribution in [0.1, 0.15) is 47.4 Å². The zero-order chi connectivity index (χ0) is 32.6. The van der Waals surface area contributed by atoms with Gasteiger partial charge in [0.05, 0.1) is 29.9 Å². The maximum atomic E-state index is 13.9. The van der Waals surface area contributed by atoms with Gasteiger partial charge in [0, 0.05) is 43.3 Å². The lowest BCUT2D eigenvalue weighted by Crippen LogP contribution is -2.49. The molecule has 0 fully saturated rings. The van der Waals surface area contributed by atoms with Crippen molar-refractivity contribution in [1.82, 2.24) is 19.8 Å². The van der Waals surface area contributed by atoms with E-state index in [2.05, 4.69) is 21.7 Å². The molecule has 1 aromatic heterocycles. The average molecular weight is 633 g/mol. The van der Waals surface area contributed by atoms with E-state index in [1.165, 1.54) is 12.1 Å². The first kappa shape index (κ1) is 33.2. The van der Waals surface area contributed by atoms with E-state index >= 15 is 0 Å². The molecular weight excluding hydrogens is 597 g/mol. The van der Waals surface area contributed by atoms with E-state index in [9.17, 15) is 18.0 Å². The van der Waals surface area contributed by atoms with Crippen LogP contribution in [0.4, 0.5) is 18.9 Å². The number of carbonyl (C=O) groups excluding carboxylic acids is 1. The van der Waals surface area contributed by atoms with Crippen molar-refractivity contribution >= 4 is 28.9 Å². The van der Waals surface area contributed by atoms with Gasteiger partial charge in [0.2, 0.25) is 5.91 Å². The topological polar surface area (TPSA) is 86.0 Å². The van der Waals surface area contributed by atoms with E-state index in [1.807, 2.05) is 61.7 Å². The van der Waals surface area contributed by atoms with Gasteiger partial charge in [-0.2, -0.15) is 18.4 Å². The predicted octanol–water partition coefficient (Wildman–Crippen LogP) is 6.71. The number of hydrogen-bond donors (Lipinski definition) is 2. The summed E-state index contributed by atoms with van der Waals surface area (Å²) in [6.45, 7) is 6.37. The van der Waals surface area contributed by atoms with E-state index in [-0.39, 0.29) is 42.0 Å². The van der Waals surface area contributed by atoms with Crippen molar-refractivity contribution < 1.29 is 18.0 Å². The summed E-state index contributed by atoms with van der Waals surface area (Å²) in [5.74, 6) is -0.303. The first-order valence-corrected chi connectivity index (χ1v) is 14.9. The lowest BCUT2D eigenvalue weighted by Gasteiger charge is -2.33. The number of carbonyl (C=O) groups is 1. The number of hydrogen-bond acceptors (Lipinski definition) is 4. The third-order valence-corrected chi connectivity index (χ3v) is 7.75. The summed E-state index contributed by atoms with van der Waals surface area (Å²) in [5.41, 5.74) is 3.29. The Morgan fingerprint density at radius 1 is 1.09 bits per heavy atom. The summed E-state index contributed by atoms with van der Waals surface area (Å²) in [5, 5.41) is 15.5. The number of benzene rings is 3. The number of nitrogens with zero attached hydrogens (tertiary/aromatic N) is 4. The Labute approximate surface area is 266 Å². The van der Waals surface area contributed by atoms with E-state index in [1.54, 1.807) is 35.6 Å². The molecule has 7 nitrogen and oxygen atoms in total. The molecule has 1 atom stereocenters. The van der Waals surface area contributed by atoms with Crippen LogP contribution in [0.5, 0.6) is 0 Å². The van der Waals surface area contributed by atoms with Crippen LogP contribution in [0, 0.1) is 24.2 Å². The van der Waals surface area contributed by atoms with E-state index in [0.717, 1.165) is 22.9 Å². The van der Waals surface area contributed by atoms with Crippen molar-refractivity contribution in [2.24, 2.45) is 5.92 Å². The third kappa shape index (κ3) is 9.40. The molecule has 0 saturated carbocycles. The molecule has 0 radical (unpaired) electrons. The molecule has 1 heterocycles. The van der Waals surface area contributed by atoms with Crippen molar-refractivity contribution in [3.05, 3.63) is 119 Å². The molecule has 3 aromatic carbocycles. The van der Waals surface area contributed by atoms with E-state index in [4.69, 9.17) is 17.5 Å². The number of anilines is 1. The van der Waals surface area contributed by atoms with Crippen LogP contribution >= 0.6 is 12.2 Å². The van der Waals surface area contributed by atoms with Gasteiger partial charge in [0.25, 0.3) is 0 Å². The number of aromatic nitrogens is 2. The largest absolute Gasteiger partial charge is 0.416 e. The molecule has 45 heavy (non-hydrogen) atoms. The van der Waals surface area contributed by atoms with Gasteiger partial charge in [0.1, 0.15) is 0 Å². The second kappa shape index (κ2) is 14.9. The highest BCUT2D eigenvalue weighted by Crippen LogP contribution is 2.32. The lowest BCUT2D eigenvalue weighted by molar-refractivity contribution is -0.138. The summed E-state index contributed by atoms with van der Waals surface area (Å²) >= 11 is 5.74. The van der Waals surface area contributed by atoms with Crippen LogP contribution in [-0.2, 0) is 30.5 Å². The van der Waals surface area contributed by atoms with Gasteiger partial charge in [-0.3, -0.25) is 4.79 Å². The zero-order valence-electron chi connectivity index (χ0n) is 25.3.